The maximum atomic E-state index is 12.7. The van der Waals surface area contributed by atoms with Gasteiger partial charge in [0.15, 0.2) is 29.0 Å². The van der Waals surface area contributed by atoms with Crippen molar-refractivity contribution < 1.29 is 37.8 Å². The number of aliphatic hydroxyl groups excluding tert-OH is 3. The van der Waals surface area contributed by atoms with E-state index in [1.807, 2.05) is 30.3 Å². The number of ether oxygens (including phenoxy) is 1. The molecule has 14 nitrogen and oxygen atoms in total. The first kappa shape index (κ1) is 26.6. The predicted octanol–water partition coefficient (Wildman–Crippen LogP) is 0.358. The fraction of sp³-hybridized carbons (Fsp3) is 0.250. The van der Waals surface area contributed by atoms with Crippen LogP contribution in [0.2, 0.25) is 0 Å². The summed E-state index contributed by atoms with van der Waals surface area (Å²) in [6.07, 6.45) is -3.42. The van der Waals surface area contributed by atoms with E-state index in [-0.39, 0.29) is 28.5 Å². The van der Waals surface area contributed by atoms with Crippen molar-refractivity contribution in [3.8, 4) is 0 Å². The smallest absolute Gasteiger partial charge is 0.294 e. The number of imidazole rings is 1. The van der Waals surface area contributed by atoms with E-state index in [1.165, 1.54) is 23.0 Å². The Morgan fingerprint density at radius 3 is 2.38 bits per heavy atom. The third kappa shape index (κ3) is 5.44. The molecule has 4 atom stereocenters. The molecule has 0 unspecified atom stereocenters. The molecule has 2 aromatic heterocycles. The Morgan fingerprint density at radius 2 is 1.74 bits per heavy atom. The van der Waals surface area contributed by atoms with Crippen molar-refractivity contribution in [1.82, 2.24) is 24.8 Å². The lowest BCUT2D eigenvalue weighted by molar-refractivity contribution is -0.0511. The zero-order valence-electron chi connectivity index (χ0n) is 20.1. The third-order valence-corrected chi connectivity index (χ3v) is 6.98. The van der Waals surface area contributed by atoms with E-state index in [4.69, 9.17) is 9.29 Å². The van der Waals surface area contributed by atoms with Gasteiger partial charge in [-0.1, -0.05) is 18.2 Å². The summed E-state index contributed by atoms with van der Waals surface area (Å²) in [7, 11) is -4.39. The zero-order chi connectivity index (χ0) is 27.7. The molecule has 5 rings (SSSR count). The SMILES string of the molecule is O=C(NCc1nc(Nc2ccccc2)c2ncn([C@@H]3O[C@H](CO)[C@@H](O)[C@H]3O)c2n1)c1ccc(S(=O)(=O)O)cc1. The lowest BCUT2D eigenvalue weighted by atomic mass is 10.1. The van der Waals surface area contributed by atoms with Crippen LogP contribution in [0.15, 0.2) is 65.8 Å². The fourth-order valence-corrected chi connectivity index (χ4v) is 4.60. The molecule has 0 aliphatic carbocycles. The Kier molecular flexibility index (Phi) is 7.26. The molecule has 0 radical (unpaired) electrons. The molecule has 4 aromatic rings. The minimum atomic E-state index is -4.39. The summed E-state index contributed by atoms with van der Waals surface area (Å²) in [6, 6.07) is 13.8. The van der Waals surface area contributed by atoms with Crippen LogP contribution >= 0.6 is 0 Å². The summed E-state index contributed by atoms with van der Waals surface area (Å²) in [5.74, 6) is -0.0779. The van der Waals surface area contributed by atoms with Crippen molar-refractivity contribution in [2.45, 2.75) is 36.0 Å². The van der Waals surface area contributed by atoms with Crippen LogP contribution < -0.4 is 10.6 Å². The molecular formula is C24H24N6O8S. The van der Waals surface area contributed by atoms with Crippen LogP contribution in [0.25, 0.3) is 11.2 Å². The van der Waals surface area contributed by atoms with Crippen molar-refractivity contribution >= 4 is 38.7 Å². The Labute approximate surface area is 221 Å². The van der Waals surface area contributed by atoms with Crippen LogP contribution in [0.4, 0.5) is 11.5 Å². The third-order valence-electron chi connectivity index (χ3n) is 6.12. The maximum absolute atomic E-state index is 12.7. The molecule has 0 bridgehead atoms. The average molecular weight is 557 g/mol. The number of amides is 1. The Morgan fingerprint density at radius 1 is 1.03 bits per heavy atom. The number of nitrogens with zero attached hydrogens (tertiary/aromatic N) is 4. The number of benzene rings is 2. The first-order valence-corrected chi connectivity index (χ1v) is 13.1. The minimum absolute atomic E-state index is 0.139. The van der Waals surface area contributed by atoms with Gasteiger partial charge in [-0.05, 0) is 36.4 Å². The number of carbonyl (C=O) groups excluding carboxylic acids is 1. The topological polar surface area (TPSA) is 209 Å². The number of hydrogen-bond donors (Lipinski definition) is 6. The van der Waals surface area contributed by atoms with Crippen LogP contribution in [-0.4, -0.2) is 78.6 Å². The lowest BCUT2D eigenvalue weighted by Gasteiger charge is -2.17. The Hall–Kier alpha value is -3.99. The largest absolute Gasteiger partial charge is 0.394 e. The highest BCUT2D eigenvalue weighted by molar-refractivity contribution is 7.85. The number of rotatable bonds is 8. The quantitative estimate of drug-likeness (QED) is 0.163. The monoisotopic (exact) mass is 556 g/mol. The number of aliphatic hydroxyl groups is 3. The van der Waals surface area contributed by atoms with E-state index in [2.05, 4.69) is 25.6 Å². The van der Waals surface area contributed by atoms with Gasteiger partial charge in [-0.2, -0.15) is 8.42 Å². The number of hydrogen-bond acceptors (Lipinski definition) is 11. The number of nitrogens with one attached hydrogen (secondary N) is 2. The number of carbonyl (C=O) groups is 1. The van der Waals surface area contributed by atoms with Gasteiger partial charge in [-0.3, -0.25) is 13.9 Å². The van der Waals surface area contributed by atoms with Gasteiger partial charge < -0.3 is 30.7 Å². The van der Waals surface area contributed by atoms with Crippen molar-refractivity contribution in [3.05, 3.63) is 72.3 Å². The normalized spacial score (nSPS) is 21.2. The van der Waals surface area contributed by atoms with E-state index in [0.29, 0.717) is 17.0 Å². The van der Waals surface area contributed by atoms with Crippen LogP contribution in [-0.2, 0) is 21.4 Å². The van der Waals surface area contributed by atoms with Gasteiger partial charge in [-0.15, -0.1) is 0 Å². The summed E-state index contributed by atoms with van der Waals surface area (Å²) in [4.78, 5) is 25.7. The highest BCUT2D eigenvalue weighted by atomic mass is 32.2. The van der Waals surface area contributed by atoms with Crippen molar-refractivity contribution in [1.29, 1.82) is 0 Å². The van der Waals surface area contributed by atoms with Crippen molar-refractivity contribution in [3.63, 3.8) is 0 Å². The molecule has 2 aromatic carbocycles. The van der Waals surface area contributed by atoms with E-state index in [9.17, 15) is 28.5 Å². The van der Waals surface area contributed by atoms with E-state index in [0.717, 1.165) is 12.1 Å². The second-order valence-electron chi connectivity index (χ2n) is 8.71. The zero-order valence-corrected chi connectivity index (χ0v) is 20.9. The summed E-state index contributed by atoms with van der Waals surface area (Å²) in [6.45, 7) is -0.640. The molecule has 1 aliphatic rings. The summed E-state index contributed by atoms with van der Waals surface area (Å²) in [5.41, 5.74) is 1.41. The summed E-state index contributed by atoms with van der Waals surface area (Å²) >= 11 is 0. The molecular weight excluding hydrogens is 532 g/mol. The van der Waals surface area contributed by atoms with Gasteiger partial charge in [0.2, 0.25) is 0 Å². The lowest BCUT2D eigenvalue weighted by Crippen LogP contribution is -2.33. The second-order valence-corrected chi connectivity index (χ2v) is 10.1. The predicted molar refractivity (Wildman–Crippen MR) is 135 cm³/mol. The summed E-state index contributed by atoms with van der Waals surface area (Å²) in [5, 5.41) is 36.0. The minimum Gasteiger partial charge on any atom is -0.394 e. The maximum Gasteiger partial charge on any atom is 0.294 e. The number of aromatic nitrogens is 4. The van der Waals surface area contributed by atoms with Crippen LogP contribution in [0.5, 0.6) is 0 Å². The molecule has 0 saturated carbocycles. The van der Waals surface area contributed by atoms with Gasteiger partial charge in [0.25, 0.3) is 16.0 Å². The second kappa shape index (κ2) is 10.6. The molecule has 39 heavy (non-hydrogen) atoms. The Bertz CT molecular complexity index is 1600. The molecule has 6 N–H and O–H groups in total. The van der Waals surface area contributed by atoms with E-state index < -0.39 is 47.2 Å². The van der Waals surface area contributed by atoms with Gasteiger partial charge >= 0.3 is 0 Å². The van der Waals surface area contributed by atoms with E-state index >= 15 is 0 Å². The van der Waals surface area contributed by atoms with Gasteiger partial charge in [0.05, 0.1) is 24.4 Å². The first-order chi connectivity index (χ1) is 18.7. The number of para-hydroxylation sites is 1. The molecule has 1 aliphatic heterocycles. The highest BCUT2D eigenvalue weighted by Gasteiger charge is 2.44. The number of anilines is 2. The van der Waals surface area contributed by atoms with Gasteiger partial charge in [-0.25, -0.2) is 15.0 Å². The van der Waals surface area contributed by atoms with Gasteiger partial charge in [0.1, 0.15) is 18.3 Å². The standard InChI is InChI=1S/C24H24N6O8S/c31-11-16-19(32)20(33)24(38-16)30-12-26-18-21(27-14-4-2-1-3-5-14)28-17(29-22(18)30)10-25-23(34)13-6-8-15(9-7-13)39(35,36)37/h1-9,12,16,19-20,24,31-33H,10-11H2,(H,25,34)(H,27,28,29)(H,35,36,37)/t16-,19-,20-,24-/m1/s1. The van der Waals surface area contributed by atoms with Crippen LogP contribution in [0.1, 0.15) is 22.4 Å². The molecule has 1 fully saturated rings. The summed E-state index contributed by atoms with van der Waals surface area (Å²) < 4.78 is 38.7. The fourth-order valence-electron chi connectivity index (χ4n) is 4.12. The molecule has 204 valence electrons. The molecule has 1 saturated heterocycles. The molecule has 3 heterocycles. The van der Waals surface area contributed by atoms with Crippen molar-refractivity contribution in [2.24, 2.45) is 0 Å². The van der Waals surface area contributed by atoms with Crippen molar-refractivity contribution in [2.75, 3.05) is 11.9 Å². The molecule has 1 amide bonds. The number of fused-ring (bicyclic) bond motifs is 1. The van der Waals surface area contributed by atoms with Crippen LogP contribution in [0, 0.1) is 0 Å². The average Bonchev–Trinajstić information content (AvgIpc) is 3.47. The first-order valence-electron chi connectivity index (χ1n) is 11.7. The highest BCUT2D eigenvalue weighted by Crippen LogP contribution is 2.33. The van der Waals surface area contributed by atoms with Gasteiger partial charge in [0, 0.05) is 11.3 Å². The van der Waals surface area contributed by atoms with Crippen LogP contribution in [0.3, 0.4) is 0 Å². The van der Waals surface area contributed by atoms with E-state index in [1.54, 1.807) is 0 Å². The molecule has 0 spiro atoms. The molecule has 15 heteroatoms. The Balaban J connectivity index is 1.46.